The molecule has 1 amide bonds. The second-order valence-corrected chi connectivity index (χ2v) is 8.61. The summed E-state index contributed by atoms with van der Waals surface area (Å²) in [4.78, 5) is 24.4. The fourth-order valence-electron chi connectivity index (χ4n) is 3.00. The highest BCUT2D eigenvalue weighted by atomic mass is 32.2. The van der Waals surface area contributed by atoms with Crippen molar-refractivity contribution < 1.29 is 22.7 Å². The summed E-state index contributed by atoms with van der Waals surface area (Å²) in [5.41, 5.74) is 3.67. The number of carbonyl (C=O) groups is 2. The number of benzene rings is 2. The number of nitrogens with one attached hydrogen (secondary N) is 2. The summed E-state index contributed by atoms with van der Waals surface area (Å²) in [6, 6.07) is 12.2. The summed E-state index contributed by atoms with van der Waals surface area (Å²) < 4.78 is 30.8. The largest absolute Gasteiger partial charge is 0.456 e. The summed E-state index contributed by atoms with van der Waals surface area (Å²) in [7, 11) is -2.14. The lowest BCUT2D eigenvalue weighted by Crippen LogP contribution is -2.22. The molecule has 0 aromatic heterocycles. The number of aryl methyl sites for hydroxylation is 3. The third-order valence-corrected chi connectivity index (χ3v) is 6.18. The molecule has 7 nitrogen and oxygen atoms in total. The molecular formula is C22H28N2O5S. The molecule has 0 heterocycles. The summed E-state index contributed by atoms with van der Waals surface area (Å²) in [5.74, 6) is -0.864. The quantitative estimate of drug-likeness (QED) is 0.562. The molecule has 0 fully saturated rings. The van der Waals surface area contributed by atoms with Crippen LogP contribution in [0.5, 0.6) is 0 Å². The van der Waals surface area contributed by atoms with Crippen molar-refractivity contribution in [3.8, 4) is 0 Å². The number of rotatable bonds is 10. The Kier molecular flexibility index (Phi) is 8.56. The first-order chi connectivity index (χ1) is 14.3. The molecule has 2 aromatic rings. The molecule has 0 radical (unpaired) electrons. The van der Waals surface area contributed by atoms with Crippen molar-refractivity contribution in [3.63, 3.8) is 0 Å². The molecule has 30 heavy (non-hydrogen) atoms. The molecule has 0 aliphatic heterocycles. The molecule has 0 aliphatic carbocycles. The van der Waals surface area contributed by atoms with Crippen LogP contribution < -0.4 is 10.0 Å². The SMILES string of the molecule is CCc1cccc(CC)c1NC(=O)COC(=O)CCc1ccc(S(=O)(=O)NC)cc1. The monoisotopic (exact) mass is 432 g/mol. The van der Waals surface area contributed by atoms with Crippen molar-refractivity contribution in [1.29, 1.82) is 0 Å². The molecule has 0 saturated carbocycles. The molecule has 0 spiro atoms. The standard InChI is InChI=1S/C22H28N2O5S/c1-4-17-7-6-8-18(5-2)22(17)24-20(25)15-29-21(26)14-11-16-9-12-19(13-10-16)30(27,28)23-3/h6-10,12-13,23H,4-5,11,14-15H2,1-3H3,(H,24,25). The number of amides is 1. The van der Waals surface area contributed by atoms with Gasteiger partial charge in [-0.2, -0.15) is 0 Å². The zero-order valence-corrected chi connectivity index (χ0v) is 18.3. The average Bonchev–Trinajstić information content (AvgIpc) is 2.76. The van der Waals surface area contributed by atoms with E-state index in [1.54, 1.807) is 12.1 Å². The van der Waals surface area contributed by atoms with Gasteiger partial charge in [-0.15, -0.1) is 0 Å². The van der Waals surface area contributed by atoms with Gasteiger partial charge in [0, 0.05) is 12.1 Å². The Balaban J connectivity index is 1.85. The van der Waals surface area contributed by atoms with Crippen molar-refractivity contribution in [2.24, 2.45) is 0 Å². The van der Waals surface area contributed by atoms with Crippen LogP contribution in [0.1, 0.15) is 37.0 Å². The minimum atomic E-state index is -3.49. The molecule has 0 saturated heterocycles. The first kappa shape index (κ1) is 23.6. The van der Waals surface area contributed by atoms with Crippen molar-refractivity contribution in [2.75, 3.05) is 19.0 Å². The van der Waals surface area contributed by atoms with Gasteiger partial charge in [-0.3, -0.25) is 9.59 Å². The van der Waals surface area contributed by atoms with Crippen LogP contribution in [0.15, 0.2) is 47.4 Å². The summed E-state index contributed by atoms with van der Waals surface area (Å²) in [5, 5.41) is 2.86. The normalized spacial score (nSPS) is 11.2. The number of anilines is 1. The van der Waals surface area contributed by atoms with E-state index in [4.69, 9.17) is 4.74 Å². The molecule has 0 atom stereocenters. The summed E-state index contributed by atoms with van der Waals surface area (Å²) >= 11 is 0. The molecule has 8 heteroatoms. The zero-order chi connectivity index (χ0) is 22.1. The molecule has 162 valence electrons. The van der Waals surface area contributed by atoms with E-state index >= 15 is 0 Å². The number of carbonyl (C=O) groups excluding carboxylic acids is 2. The van der Waals surface area contributed by atoms with Gasteiger partial charge in [0.2, 0.25) is 10.0 Å². The van der Waals surface area contributed by atoms with Crippen LogP contribution in [0.3, 0.4) is 0 Å². The lowest BCUT2D eigenvalue weighted by atomic mass is 10.0. The first-order valence-electron chi connectivity index (χ1n) is 9.89. The zero-order valence-electron chi connectivity index (χ0n) is 17.5. The molecule has 2 aromatic carbocycles. The molecule has 0 unspecified atom stereocenters. The Labute approximate surface area is 177 Å². The second kappa shape index (κ2) is 10.9. The maximum absolute atomic E-state index is 12.2. The highest BCUT2D eigenvalue weighted by Crippen LogP contribution is 2.22. The third-order valence-electron chi connectivity index (χ3n) is 4.75. The first-order valence-corrected chi connectivity index (χ1v) is 11.4. The van der Waals surface area contributed by atoms with Gasteiger partial charge in [-0.05, 0) is 55.1 Å². The number of ether oxygens (including phenoxy) is 1. The van der Waals surface area contributed by atoms with E-state index in [2.05, 4.69) is 10.0 Å². The van der Waals surface area contributed by atoms with Gasteiger partial charge in [-0.1, -0.05) is 44.2 Å². The minimum Gasteiger partial charge on any atom is -0.456 e. The summed E-state index contributed by atoms with van der Waals surface area (Å²) in [6.45, 7) is 3.69. The predicted octanol–water partition coefficient (Wildman–Crippen LogP) is 2.83. The lowest BCUT2D eigenvalue weighted by Gasteiger charge is -2.14. The maximum atomic E-state index is 12.2. The molecule has 2 N–H and O–H groups in total. The van der Waals surface area contributed by atoms with Crippen LogP contribution in [-0.2, 0) is 43.6 Å². The van der Waals surface area contributed by atoms with Crippen molar-refractivity contribution in [3.05, 3.63) is 59.2 Å². The van der Waals surface area contributed by atoms with E-state index < -0.39 is 16.0 Å². The average molecular weight is 433 g/mol. The number of esters is 1. The molecule has 0 aliphatic rings. The Bertz CT molecular complexity index is 963. The van der Waals surface area contributed by atoms with Crippen LogP contribution in [0.4, 0.5) is 5.69 Å². The fourth-order valence-corrected chi connectivity index (χ4v) is 3.73. The number of hydrogen-bond donors (Lipinski definition) is 2. The Hall–Kier alpha value is -2.71. The summed E-state index contributed by atoms with van der Waals surface area (Å²) in [6.07, 6.45) is 2.06. The molecule has 0 bridgehead atoms. The molecule has 2 rings (SSSR count). The Morgan fingerprint density at radius 1 is 0.967 bits per heavy atom. The smallest absolute Gasteiger partial charge is 0.306 e. The number of hydrogen-bond acceptors (Lipinski definition) is 5. The Morgan fingerprint density at radius 3 is 2.10 bits per heavy atom. The maximum Gasteiger partial charge on any atom is 0.306 e. The number of sulfonamides is 1. The van der Waals surface area contributed by atoms with Gasteiger partial charge in [0.15, 0.2) is 6.61 Å². The van der Waals surface area contributed by atoms with Crippen LogP contribution >= 0.6 is 0 Å². The highest BCUT2D eigenvalue weighted by molar-refractivity contribution is 7.89. The van der Waals surface area contributed by atoms with Crippen molar-refractivity contribution >= 4 is 27.6 Å². The predicted molar refractivity (Wildman–Crippen MR) is 116 cm³/mol. The van der Waals surface area contributed by atoms with Gasteiger partial charge >= 0.3 is 5.97 Å². The van der Waals surface area contributed by atoms with Gasteiger partial charge in [-0.25, -0.2) is 13.1 Å². The van der Waals surface area contributed by atoms with Crippen molar-refractivity contribution in [1.82, 2.24) is 4.72 Å². The lowest BCUT2D eigenvalue weighted by molar-refractivity contribution is -0.147. The van der Waals surface area contributed by atoms with Crippen molar-refractivity contribution in [2.45, 2.75) is 44.4 Å². The third kappa shape index (κ3) is 6.40. The highest BCUT2D eigenvalue weighted by Gasteiger charge is 2.13. The Morgan fingerprint density at radius 2 is 1.57 bits per heavy atom. The minimum absolute atomic E-state index is 0.0944. The van der Waals surface area contributed by atoms with Gasteiger partial charge < -0.3 is 10.1 Å². The van der Waals surface area contributed by atoms with Gasteiger partial charge in [0.05, 0.1) is 4.90 Å². The van der Waals surface area contributed by atoms with E-state index in [0.29, 0.717) is 6.42 Å². The van der Waals surface area contributed by atoms with E-state index in [-0.39, 0.29) is 23.8 Å². The van der Waals surface area contributed by atoms with Gasteiger partial charge in [0.1, 0.15) is 0 Å². The molecular weight excluding hydrogens is 404 g/mol. The van der Waals surface area contributed by atoms with Crippen LogP contribution in [0, 0.1) is 0 Å². The van der Waals surface area contributed by atoms with Crippen LogP contribution in [-0.4, -0.2) is 33.9 Å². The van der Waals surface area contributed by atoms with E-state index in [0.717, 1.165) is 35.2 Å². The van der Waals surface area contributed by atoms with Gasteiger partial charge in [0.25, 0.3) is 5.91 Å². The van der Waals surface area contributed by atoms with Crippen LogP contribution in [0.2, 0.25) is 0 Å². The fraction of sp³-hybridized carbons (Fsp3) is 0.364. The second-order valence-electron chi connectivity index (χ2n) is 6.72. The van der Waals surface area contributed by atoms with E-state index in [1.807, 2.05) is 32.0 Å². The van der Waals surface area contributed by atoms with E-state index in [1.165, 1.54) is 19.2 Å². The van der Waals surface area contributed by atoms with Crippen LogP contribution in [0.25, 0.3) is 0 Å². The van der Waals surface area contributed by atoms with E-state index in [9.17, 15) is 18.0 Å². The number of para-hydroxylation sites is 1. The topological polar surface area (TPSA) is 102 Å².